The van der Waals surface area contributed by atoms with E-state index in [1.165, 1.54) is 19.3 Å². The fourth-order valence-corrected chi connectivity index (χ4v) is 5.76. The average Bonchev–Trinajstić information content (AvgIpc) is 2.53. The number of halogens is 1. The third-order valence-corrected chi connectivity index (χ3v) is 7.34. The molecule has 138 valence electrons. The number of rotatable bonds is 6. The Morgan fingerprint density at radius 3 is 2.50 bits per heavy atom. The van der Waals surface area contributed by atoms with Gasteiger partial charge in [-0.1, -0.05) is 52.2 Å². The third-order valence-electron chi connectivity index (χ3n) is 5.19. The maximum Gasteiger partial charge on any atom is 0.339 e. The van der Waals surface area contributed by atoms with E-state index in [4.69, 9.17) is 9.47 Å². The molecule has 0 aromatic carbocycles. The summed E-state index contributed by atoms with van der Waals surface area (Å²) < 4.78 is 26.6. The highest BCUT2D eigenvalue weighted by Crippen LogP contribution is 2.39. The molecule has 2 rings (SSSR count). The van der Waals surface area contributed by atoms with Gasteiger partial charge < -0.3 is 9.47 Å². The van der Waals surface area contributed by atoms with Crippen molar-refractivity contribution in [3.05, 3.63) is 11.0 Å². The second-order valence-electron chi connectivity index (χ2n) is 8.25. The molecule has 0 aromatic rings. The Morgan fingerprint density at radius 1 is 1.25 bits per heavy atom. The average molecular weight is 357 g/mol. The van der Waals surface area contributed by atoms with Gasteiger partial charge in [0.05, 0.1) is 20.8 Å². The molecule has 3 nitrogen and oxygen atoms in total. The second kappa shape index (κ2) is 8.61. The first kappa shape index (κ1) is 19.6. The summed E-state index contributed by atoms with van der Waals surface area (Å²) in [4.78, 5) is 12.6. The van der Waals surface area contributed by atoms with Crippen LogP contribution in [-0.2, 0) is 14.3 Å². The molecular formula is C19H33FO3Si. The summed E-state index contributed by atoms with van der Waals surface area (Å²) in [6, 6.07) is 0. The van der Waals surface area contributed by atoms with Crippen LogP contribution in [0.2, 0.25) is 19.6 Å². The largest absolute Gasteiger partial charge is 0.464 e. The summed E-state index contributed by atoms with van der Waals surface area (Å²) in [7, 11) is -1.99. The quantitative estimate of drug-likeness (QED) is 0.374. The van der Waals surface area contributed by atoms with Gasteiger partial charge in [-0.2, -0.15) is 0 Å². The van der Waals surface area contributed by atoms with Gasteiger partial charge in [-0.15, -0.1) is 0 Å². The maximum atomic E-state index is 15.0. The van der Waals surface area contributed by atoms with Gasteiger partial charge in [0.1, 0.15) is 5.83 Å². The van der Waals surface area contributed by atoms with E-state index in [0.29, 0.717) is 24.1 Å². The molecule has 0 bridgehead atoms. The number of hydrogen-bond donors (Lipinski definition) is 0. The van der Waals surface area contributed by atoms with Gasteiger partial charge in [0.25, 0.3) is 0 Å². The SMILES string of the molecule is CCCCOC(=O)[C@H]1O[C@H](C2CCCCC2)CC(F)=C1[Si](C)(C)C. The summed E-state index contributed by atoms with van der Waals surface area (Å²) in [5, 5.41) is 0.607. The molecule has 0 unspecified atom stereocenters. The molecule has 1 fully saturated rings. The predicted octanol–water partition coefficient (Wildman–Crippen LogP) is 5.17. The molecule has 1 aliphatic heterocycles. The molecule has 24 heavy (non-hydrogen) atoms. The van der Waals surface area contributed by atoms with Gasteiger partial charge >= 0.3 is 5.97 Å². The van der Waals surface area contributed by atoms with Crippen LogP contribution in [-0.4, -0.2) is 32.9 Å². The van der Waals surface area contributed by atoms with Gasteiger partial charge in [0.2, 0.25) is 0 Å². The summed E-state index contributed by atoms with van der Waals surface area (Å²) in [5.74, 6) is -0.122. The van der Waals surface area contributed by atoms with E-state index in [-0.39, 0.29) is 11.9 Å². The fourth-order valence-electron chi connectivity index (χ4n) is 3.87. The molecule has 0 amide bonds. The molecule has 0 radical (unpaired) electrons. The van der Waals surface area contributed by atoms with Crippen LogP contribution in [0.4, 0.5) is 4.39 Å². The molecule has 1 saturated carbocycles. The van der Waals surface area contributed by atoms with Crippen molar-refractivity contribution in [2.75, 3.05) is 6.61 Å². The first-order valence-electron chi connectivity index (χ1n) is 9.55. The normalized spacial score (nSPS) is 26.5. The van der Waals surface area contributed by atoms with Crippen molar-refractivity contribution < 1.29 is 18.7 Å². The monoisotopic (exact) mass is 356 g/mol. The Morgan fingerprint density at radius 2 is 1.92 bits per heavy atom. The smallest absolute Gasteiger partial charge is 0.339 e. The van der Waals surface area contributed by atoms with E-state index in [2.05, 4.69) is 26.6 Å². The summed E-state index contributed by atoms with van der Waals surface area (Å²) >= 11 is 0. The number of carbonyl (C=O) groups is 1. The molecule has 0 spiro atoms. The van der Waals surface area contributed by atoms with Gasteiger partial charge in [0.15, 0.2) is 6.10 Å². The zero-order chi connectivity index (χ0) is 17.7. The van der Waals surface area contributed by atoms with Crippen LogP contribution in [0.15, 0.2) is 11.0 Å². The van der Waals surface area contributed by atoms with Crippen molar-refractivity contribution >= 4 is 14.0 Å². The van der Waals surface area contributed by atoms with Crippen molar-refractivity contribution in [2.24, 2.45) is 5.92 Å². The predicted molar refractivity (Wildman–Crippen MR) is 97.2 cm³/mol. The number of hydrogen-bond acceptors (Lipinski definition) is 3. The Labute approximate surface area is 147 Å². The second-order valence-corrected chi connectivity index (χ2v) is 13.3. The summed E-state index contributed by atoms with van der Waals surface area (Å²) in [6.45, 7) is 8.65. The lowest BCUT2D eigenvalue weighted by atomic mass is 9.83. The first-order valence-corrected chi connectivity index (χ1v) is 13.1. The van der Waals surface area contributed by atoms with Crippen LogP contribution >= 0.6 is 0 Å². The van der Waals surface area contributed by atoms with E-state index < -0.39 is 20.1 Å². The molecule has 2 aliphatic rings. The van der Waals surface area contributed by atoms with Gasteiger partial charge in [-0.25, -0.2) is 9.18 Å². The van der Waals surface area contributed by atoms with Crippen LogP contribution < -0.4 is 0 Å². The molecular weight excluding hydrogens is 323 g/mol. The molecule has 0 saturated heterocycles. The lowest BCUT2D eigenvalue weighted by Gasteiger charge is -2.39. The van der Waals surface area contributed by atoms with Crippen molar-refractivity contribution in [2.45, 2.75) is 90.1 Å². The Hall–Kier alpha value is -0.683. The molecule has 0 aromatic heterocycles. The molecule has 1 heterocycles. The van der Waals surface area contributed by atoms with E-state index in [9.17, 15) is 9.18 Å². The fraction of sp³-hybridized carbons (Fsp3) is 0.842. The molecule has 1 aliphatic carbocycles. The Balaban J connectivity index is 2.18. The van der Waals surface area contributed by atoms with Crippen LogP contribution in [0.5, 0.6) is 0 Å². The number of esters is 1. The number of carbonyl (C=O) groups excluding carboxylic acids is 1. The van der Waals surface area contributed by atoms with Crippen molar-refractivity contribution in [3.63, 3.8) is 0 Å². The van der Waals surface area contributed by atoms with E-state index in [1.807, 2.05) is 0 Å². The van der Waals surface area contributed by atoms with Crippen LogP contribution in [0, 0.1) is 5.92 Å². The maximum absolute atomic E-state index is 15.0. The minimum atomic E-state index is -1.99. The lowest BCUT2D eigenvalue weighted by Crippen LogP contribution is -2.47. The van der Waals surface area contributed by atoms with Crippen molar-refractivity contribution in [3.8, 4) is 0 Å². The highest BCUT2D eigenvalue weighted by atomic mass is 28.3. The van der Waals surface area contributed by atoms with Gasteiger partial charge in [-0.3, -0.25) is 0 Å². The zero-order valence-corrected chi connectivity index (χ0v) is 16.7. The third kappa shape index (κ3) is 4.91. The minimum Gasteiger partial charge on any atom is -0.464 e. The minimum absolute atomic E-state index is 0.103. The van der Waals surface area contributed by atoms with E-state index in [1.54, 1.807) is 0 Å². The highest BCUT2D eigenvalue weighted by molar-refractivity contribution is 6.83. The summed E-state index contributed by atoms with van der Waals surface area (Å²) in [5.41, 5.74) is 0. The topological polar surface area (TPSA) is 35.5 Å². The zero-order valence-electron chi connectivity index (χ0n) is 15.7. The Bertz CT molecular complexity index is 464. The number of ether oxygens (including phenoxy) is 2. The van der Waals surface area contributed by atoms with Crippen molar-refractivity contribution in [1.82, 2.24) is 0 Å². The number of unbranched alkanes of at least 4 members (excludes halogenated alkanes) is 1. The lowest BCUT2D eigenvalue weighted by molar-refractivity contribution is -0.161. The van der Waals surface area contributed by atoms with E-state index >= 15 is 0 Å². The van der Waals surface area contributed by atoms with Crippen LogP contribution in [0.25, 0.3) is 0 Å². The van der Waals surface area contributed by atoms with E-state index in [0.717, 1.165) is 25.7 Å². The van der Waals surface area contributed by atoms with Crippen molar-refractivity contribution in [1.29, 1.82) is 0 Å². The van der Waals surface area contributed by atoms with Gasteiger partial charge in [-0.05, 0) is 30.4 Å². The molecule has 0 N–H and O–H groups in total. The standard InChI is InChI=1S/C19H33FO3Si/c1-5-6-12-22-19(21)17-18(24(2,3)4)15(20)13-16(23-17)14-10-8-7-9-11-14/h14,16-17H,5-13H2,1-4H3/t16-,17-/m0/s1. The Kier molecular flexibility index (Phi) is 7.05. The summed E-state index contributed by atoms with van der Waals surface area (Å²) in [6.07, 6.45) is 6.92. The van der Waals surface area contributed by atoms with Crippen LogP contribution in [0.1, 0.15) is 58.3 Å². The highest BCUT2D eigenvalue weighted by Gasteiger charge is 2.43. The molecule has 5 heteroatoms. The first-order chi connectivity index (χ1) is 11.3. The van der Waals surface area contributed by atoms with Gasteiger partial charge in [0, 0.05) is 6.42 Å². The molecule has 2 atom stereocenters. The van der Waals surface area contributed by atoms with Crippen LogP contribution in [0.3, 0.4) is 0 Å².